The SMILES string of the molecule is [CH2]C(CCOC(=O)OC(C)C)OC(=O)OCCCC. The van der Waals surface area contributed by atoms with E-state index in [4.69, 9.17) is 18.9 Å². The van der Waals surface area contributed by atoms with Crippen LogP contribution in [-0.2, 0) is 18.9 Å². The molecular weight excluding hydrogens is 252 g/mol. The van der Waals surface area contributed by atoms with Gasteiger partial charge in [0.15, 0.2) is 0 Å². The molecule has 6 heteroatoms. The van der Waals surface area contributed by atoms with E-state index in [1.165, 1.54) is 0 Å². The van der Waals surface area contributed by atoms with Crippen molar-refractivity contribution < 1.29 is 28.5 Å². The molecule has 1 radical (unpaired) electrons. The third-order valence-electron chi connectivity index (χ3n) is 1.97. The molecule has 0 spiro atoms. The van der Waals surface area contributed by atoms with Gasteiger partial charge in [0.05, 0.1) is 19.3 Å². The molecule has 0 saturated heterocycles. The first-order valence-corrected chi connectivity index (χ1v) is 6.45. The van der Waals surface area contributed by atoms with E-state index >= 15 is 0 Å². The molecule has 0 aliphatic rings. The van der Waals surface area contributed by atoms with Gasteiger partial charge in [-0.15, -0.1) is 0 Å². The molecule has 0 N–H and O–H groups in total. The van der Waals surface area contributed by atoms with Crippen LogP contribution in [0.4, 0.5) is 9.59 Å². The highest BCUT2D eigenvalue weighted by Crippen LogP contribution is 2.02. The van der Waals surface area contributed by atoms with Crippen molar-refractivity contribution in [1.82, 2.24) is 0 Å². The fraction of sp³-hybridized carbons (Fsp3) is 0.769. The van der Waals surface area contributed by atoms with Crippen LogP contribution in [-0.4, -0.2) is 37.7 Å². The van der Waals surface area contributed by atoms with Crippen molar-refractivity contribution in [2.24, 2.45) is 0 Å². The Morgan fingerprint density at radius 2 is 1.63 bits per heavy atom. The lowest BCUT2D eigenvalue weighted by molar-refractivity contribution is 0.0130. The van der Waals surface area contributed by atoms with Gasteiger partial charge in [-0.1, -0.05) is 13.3 Å². The Bertz CT molecular complexity index is 264. The third-order valence-corrected chi connectivity index (χ3v) is 1.97. The van der Waals surface area contributed by atoms with Gasteiger partial charge in [-0.25, -0.2) is 9.59 Å². The van der Waals surface area contributed by atoms with E-state index in [0.29, 0.717) is 6.61 Å². The van der Waals surface area contributed by atoms with Crippen LogP contribution in [0.25, 0.3) is 0 Å². The lowest BCUT2D eigenvalue weighted by Crippen LogP contribution is -2.20. The Hall–Kier alpha value is -1.46. The van der Waals surface area contributed by atoms with Crippen LogP contribution in [0.15, 0.2) is 0 Å². The summed E-state index contributed by atoms with van der Waals surface area (Å²) in [6.07, 6.45) is -0.330. The van der Waals surface area contributed by atoms with E-state index in [-0.39, 0.29) is 19.1 Å². The largest absolute Gasteiger partial charge is 0.508 e. The molecule has 0 saturated carbocycles. The normalized spacial score (nSPS) is 11.8. The molecule has 0 heterocycles. The molecule has 0 bridgehead atoms. The topological polar surface area (TPSA) is 71.1 Å². The van der Waals surface area contributed by atoms with Crippen molar-refractivity contribution in [3.05, 3.63) is 6.92 Å². The molecule has 0 aliphatic heterocycles. The minimum absolute atomic E-state index is 0.0714. The summed E-state index contributed by atoms with van der Waals surface area (Å²) in [6.45, 7) is 9.45. The van der Waals surface area contributed by atoms with Crippen molar-refractivity contribution in [3.63, 3.8) is 0 Å². The van der Waals surface area contributed by atoms with Gasteiger partial charge in [-0.3, -0.25) is 0 Å². The Kier molecular flexibility index (Phi) is 9.66. The summed E-state index contributed by atoms with van der Waals surface area (Å²) in [4.78, 5) is 22.2. The van der Waals surface area contributed by atoms with Crippen LogP contribution in [0.3, 0.4) is 0 Å². The minimum atomic E-state index is -0.752. The number of rotatable bonds is 8. The van der Waals surface area contributed by atoms with Crippen LogP contribution >= 0.6 is 0 Å². The summed E-state index contributed by atoms with van der Waals surface area (Å²) in [7, 11) is 0. The second kappa shape index (κ2) is 10.5. The molecule has 1 unspecified atom stereocenters. The molecule has 19 heavy (non-hydrogen) atoms. The molecule has 0 rings (SSSR count). The second-order valence-corrected chi connectivity index (χ2v) is 4.25. The highest BCUT2D eigenvalue weighted by molar-refractivity contribution is 5.60. The Labute approximate surface area is 114 Å². The maximum atomic E-state index is 11.2. The average Bonchev–Trinajstić information content (AvgIpc) is 2.28. The quantitative estimate of drug-likeness (QED) is 0.500. The molecule has 0 fully saturated rings. The fourth-order valence-electron chi connectivity index (χ4n) is 1.03. The van der Waals surface area contributed by atoms with Crippen molar-refractivity contribution >= 4 is 12.3 Å². The first-order valence-electron chi connectivity index (χ1n) is 6.45. The van der Waals surface area contributed by atoms with Gasteiger partial charge >= 0.3 is 12.3 Å². The summed E-state index contributed by atoms with van der Waals surface area (Å²) < 4.78 is 19.2. The molecule has 1 atom stereocenters. The zero-order valence-corrected chi connectivity index (χ0v) is 11.8. The maximum absolute atomic E-state index is 11.2. The first kappa shape index (κ1) is 17.5. The van der Waals surface area contributed by atoms with Crippen LogP contribution in [0.5, 0.6) is 0 Å². The second-order valence-electron chi connectivity index (χ2n) is 4.25. The van der Waals surface area contributed by atoms with Crippen LogP contribution in [0.2, 0.25) is 0 Å². The number of unbranched alkanes of at least 4 members (excludes halogenated alkanes) is 1. The Balaban J connectivity index is 3.60. The summed E-state index contributed by atoms with van der Waals surface area (Å²) in [5.41, 5.74) is 0. The van der Waals surface area contributed by atoms with Crippen LogP contribution < -0.4 is 0 Å². The van der Waals surface area contributed by atoms with Gasteiger partial charge in [0.1, 0.15) is 6.10 Å². The predicted octanol–water partition coefficient (Wildman–Crippen LogP) is 3.09. The summed E-state index contributed by atoms with van der Waals surface area (Å²) in [6, 6.07) is 0. The Morgan fingerprint density at radius 3 is 2.21 bits per heavy atom. The van der Waals surface area contributed by atoms with E-state index in [9.17, 15) is 9.59 Å². The standard InChI is InChI=1S/C13H23O6/c1-5-6-8-16-13(15)19-11(4)7-9-17-12(14)18-10(2)3/h10-11H,4-9H2,1-3H3. The van der Waals surface area contributed by atoms with Gasteiger partial charge < -0.3 is 18.9 Å². The fourth-order valence-corrected chi connectivity index (χ4v) is 1.03. The van der Waals surface area contributed by atoms with Crippen LogP contribution in [0.1, 0.15) is 40.0 Å². The van der Waals surface area contributed by atoms with Gasteiger partial charge in [-0.2, -0.15) is 0 Å². The van der Waals surface area contributed by atoms with Gasteiger partial charge in [0.2, 0.25) is 0 Å². The van der Waals surface area contributed by atoms with Crippen LogP contribution in [0, 0.1) is 6.92 Å². The van der Waals surface area contributed by atoms with Gasteiger partial charge in [0.25, 0.3) is 0 Å². The number of ether oxygens (including phenoxy) is 4. The maximum Gasteiger partial charge on any atom is 0.508 e. The first-order chi connectivity index (χ1) is 8.95. The number of hydrogen-bond donors (Lipinski definition) is 0. The van der Waals surface area contributed by atoms with Crippen molar-refractivity contribution in [1.29, 1.82) is 0 Å². The average molecular weight is 275 g/mol. The zero-order valence-electron chi connectivity index (χ0n) is 11.8. The van der Waals surface area contributed by atoms with E-state index in [1.807, 2.05) is 6.92 Å². The number of hydrogen-bond acceptors (Lipinski definition) is 6. The molecule has 0 amide bonds. The molecule has 0 aromatic heterocycles. The summed E-state index contributed by atoms with van der Waals surface area (Å²) in [5, 5.41) is 0. The number of carbonyl (C=O) groups is 2. The van der Waals surface area contributed by atoms with Crippen molar-refractivity contribution in [2.45, 2.75) is 52.2 Å². The summed E-state index contributed by atoms with van der Waals surface area (Å²) in [5.74, 6) is 0. The predicted molar refractivity (Wildman–Crippen MR) is 68.7 cm³/mol. The molecule has 0 aromatic carbocycles. The minimum Gasteiger partial charge on any atom is -0.434 e. The molecule has 111 valence electrons. The molecule has 0 aliphatic carbocycles. The summed E-state index contributed by atoms with van der Waals surface area (Å²) >= 11 is 0. The van der Waals surface area contributed by atoms with E-state index in [2.05, 4.69) is 6.92 Å². The van der Waals surface area contributed by atoms with Crippen molar-refractivity contribution in [3.8, 4) is 0 Å². The lowest BCUT2D eigenvalue weighted by Gasteiger charge is -2.13. The van der Waals surface area contributed by atoms with E-state index in [1.54, 1.807) is 13.8 Å². The van der Waals surface area contributed by atoms with E-state index < -0.39 is 18.4 Å². The van der Waals surface area contributed by atoms with Gasteiger partial charge in [-0.05, 0) is 27.2 Å². The number of carbonyl (C=O) groups excluding carboxylic acids is 2. The Morgan fingerprint density at radius 1 is 1.05 bits per heavy atom. The zero-order chi connectivity index (χ0) is 14.7. The third kappa shape index (κ3) is 11.4. The van der Waals surface area contributed by atoms with E-state index in [0.717, 1.165) is 12.8 Å². The smallest absolute Gasteiger partial charge is 0.434 e. The monoisotopic (exact) mass is 275 g/mol. The lowest BCUT2D eigenvalue weighted by atomic mass is 10.3. The highest BCUT2D eigenvalue weighted by atomic mass is 16.7. The highest BCUT2D eigenvalue weighted by Gasteiger charge is 2.12. The van der Waals surface area contributed by atoms with Crippen molar-refractivity contribution in [2.75, 3.05) is 13.2 Å². The van der Waals surface area contributed by atoms with Gasteiger partial charge in [0, 0.05) is 6.42 Å². The molecule has 6 nitrogen and oxygen atoms in total. The molecular formula is C13H23O6. The molecule has 0 aromatic rings.